The molecule has 6 heteroatoms. The number of rotatable bonds is 3. The molecule has 0 saturated heterocycles. The summed E-state index contributed by atoms with van der Waals surface area (Å²) < 4.78 is 13.0. The highest BCUT2D eigenvalue weighted by Gasteiger charge is 2.24. The molecule has 1 aliphatic rings. The van der Waals surface area contributed by atoms with Crippen LogP contribution in [0.2, 0.25) is 0 Å². The minimum Gasteiger partial charge on any atom is -0.497 e. The first kappa shape index (κ1) is 12.9. The Balaban J connectivity index is 2.03. The molecule has 20 heavy (non-hydrogen) atoms. The van der Waals surface area contributed by atoms with Gasteiger partial charge in [0.05, 0.1) is 30.8 Å². The van der Waals surface area contributed by atoms with Crippen LogP contribution in [-0.4, -0.2) is 35.7 Å². The Kier molecular flexibility index (Phi) is 3.31. The highest BCUT2D eigenvalue weighted by Crippen LogP contribution is 2.28. The van der Waals surface area contributed by atoms with Gasteiger partial charge in [0.1, 0.15) is 18.2 Å². The Morgan fingerprint density at radius 3 is 3.20 bits per heavy atom. The average Bonchev–Trinajstić information content (AvgIpc) is 2.82. The predicted octanol–water partition coefficient (Wildman–Crippen LogP) is 1.25. The van der Waals surface area contributed by atoms with Gasteiger partial charge in [-0.15, -0.1) is 0 Å². The Bertz CT molecular complexity index is 650. The van der Waals surface area contributed by atoms with Crippen molar-refractivity contribution in [2.75, 3.05) is 20.3 Å². The molecule has 1 aromatic carbocycles. The fraction of sp³-hybridized carbons (Fsp3) is 0.429. The number of amides is 1. The van der Waals surface area contributed by atoms with Crippen molar-refractivity contribution in [2.45, 2.75) is 19.6 Å². The van der Waals surface area contributed by atoms with Crippen molar-refractivity contribution < 1.29 is 14.3 Å². The van der Waals surface area contributed by atoms with Crippen LogP contribution in [0.5, 0.6) is 5.75 Å². The van der Waals surface area contributed by atoms with Crippen LogP contribution in [0.4, 0.5) is 0 Å². The summed E-state index contributed by atoms with van der Waals surface area (Å²) in [6.07, 6.45) is 0. The van der Waals surface area contributed by atoms with Crippen LogP contribution in [0.3, 0.4) is 0 Å². The lowest BCUT2D eigenvalue weighted by molar-refractivity contribution is -0.119. The number of benzene rings is 1. The largest absolute Gasteiger partial charge is 0.497 e. The number of hydrogen-bond donors (Lipinski definition) is 1. The molecule has 0 fully saturated rings. The normalized spacial score (nSPS) is 17.8. The van der Waals surface area contributed by atoms with Gasteiger partial charge in [-0.25, -0.2) is 4.98 Å². The van der Waals surface area contributed by atoms with Crippen LogP contribution in [0.25, 0.3) is 11.0 Å². The molecule has 0 saturated carbocycles. The number of aromatic nitrogens is 2. The third kappa shape index (κ3) is 2.22. The van der Waals surface area contributed by atoms with Crippen molar-refractivity contribution >= 4 is 16.9 Å². The van der Waals surface area contributed by atoms with Gasteiger partial charge in [-0.1, -0.05) is 0 Å². The highest BCUT2D eigenvalue weighted by atomic mass is 16.5. The molecular formula is C14H17N3O3. The first-order valence-electron chi connectivity index (χ1n) is 6.56. The van der Waals surface area contributed by atoms with Crippen LogP contribution >= 0.6 is 0 Å². The third-order valence-electron chi connectivity index (χ3n) is 3.46. The van der Waals surface area contributed by atoms with Crippen molar-refractivity contribution in [3.63, 3.8) is 0 Å². The minimum absolute atomic E-state index is 0.0425. The molecule has 1 aliphatic heterocycles. The van der Waals surface area contributed by atoms with Gasteiger partial charge in [0.25, 0.3) is 0 Å². The van der Waals surface area contributed by atoms with Crippen molar-refractivity contribution in [2.24, 2.45) is 0 Å². The van der Waals surface area contributed by atoms with E-state index in [9.17, 15) is 4.79 Å². The van der Waals surface area contributed by atoms with Crippen LogP contribution in [0.15, 0.2) is 18.2 Å². The second kappa shape index (κ2) is 5.13. The topological polar surface area (TPSA) is 65.4 Å². The van der Waals surface area contributed by atoms with E-state index >= 15 is 0 Å². The third-order valence-corrected chi connectivity index (χ3v) is 3.46. The molecule has 0 aliphatic carbocycles. The van der Waals surface area contributed by atoms with Gasteiger partial charge < -0.3 is 19.4 Å². The van der Waals surface area contributed by atoms with E-state index in [0.717, 1.165) is 22.6 Å². The zero-order chi connectivity index (χ0) is 14.1. The number of fused-ring (bicyclic) bond motifs is 3. The smallest absolute Gasteiger partial charge is 0.216 e. The molecule has 0 radical (unpaired) electrons. The minimum atomic E-state index is -0.0425. The predicted molar refractivity (Wildman–Crippen MR) is 73.7 cm³/mol. The lowest BCUT2D eigenvalue weighted by Gasteiger charge is -2.26. The Morgan fingerprint density at radius 1 is 1.60 bits per heavy atom. The van der Waals surface area contributed by atoms with E-state index < -0.39 is 0 Å². The number of ether oxygens (including phenoxy) is 2. The molecule has 1 unspecified atom stereocenters. The molecule has 2 aromatic rings. The molecule has 0 spiro atoms. The van der Waals surface area contributed by atoms with Gasteiger partial charge in [0.2, 0.25) is 5.91 Å². The zero-order valence-electron chi connectivity index (χ0n) is 11.5. The van der Waals surface area contributed by atoms with Gasteiger partial charge >= 0.3 is 0 Å². The van der Waals surface area contributed by atoms with Crippen LogP contribution < -0.4 is 10.1 Å². The Labute approximate surface area is 116 Å². The number of imidazole rings is 1. The number of carbonyl (C=O) groups excluding carboxylic acids is 1. The van der Waals surface area contributed by atoms with Crippen LogP contribution in [-0.2, 0) is 16.1 Å². The van der Waals surface area contributed by atoms with Crippen LogP contribution in [0.1, 0.15) is 18.8 Å². The molecule has 6 nitrogen and oxygen atoms in total. The highest BCUT2D eigenvalue weighted by molar-refractivity contribution is 5.78. The second-order valence-corrected chi connectivity index (χ2v) is 4.86. The molecule has 3 rings (SSSR count). The van der Waals surface area contributed by atoms with Crippen molar-refractivity contribution in [3.8, 4) is 5.75 Å². The summed E-state index contributed by atoms with van der Waals surface area (Å²) in [5, 5.41) is 2.84. The summed E-state index contributed by atoms with van der Waals surface area (Å²) in [6, 6.07) is 5.86. The molecule has 1 amide bonds. The molecule has 106 valence electrons. The maximum Gasteiger partial charge on any atom is 0.216 e. The first-order chi connectivity index (χ1) is 9.69. The van der Waals surface area contributed by atoms with E-state index in [1.165, 1.54) is 6.92 Å². The van der Waals surface area contributed by atoms with Crippen LogP contribution in [0, 0.1) is 0 Å². The number of nitrogens with one attached hydrogen (secondary N) is 1. The maximum atomic E-state index is 11.1. The van der Waals surface area contributed by atoms with Crippen molar-refractivity contribution in [3.05, 3.63) is 24.0 Å². The van der Waals surface area contributed by atoms with Gasteiger partial charge in [-0.2, -0.15) is 0 Å². The molecule has 0 bridgehead atoms. The first-order valence-corrected chi connectivity index (χ1v) is 6.56. The van der Waals surface area contributed by atoms with Gasteiger partial charge in [-0.3, -0.25) is 4.79 Å². The maximum absolute atomic E-state index is 11.1. The van der Waals surface area contributed by atoms with E-state index in [4.69, 9.17) is 9.47 Å². The number of nitrogens with zero attached hydrogens (tertiary/aromatic N) is 2. The van der Waals surface area contributed by atoms with Crippen molar-refractivity contribution in [1.82, 2.24) is 14.9 Å². The van der Waals surface area contributed by atoms with Gasteiger partial charge in [0.15, 0.2) is 0 Å². The Hall–Kier alpha value is -2.08. The summed E-state index contributed by atoms with van der Waals surface area (Å²) in [6.45, 7) is 3.11. The SMILES string of the molecule is COc1ccc2nc3n(c2c1)C(CNC(C)=O)COC3. The van der Waals surface area contributed by atoms with E-state index in [2.05, 4.69) is 14.9 Å². The van der Waals surface area contributed by atoms with Gasteiger partial charge in [0, 0.05) is 19.5 Å². The van der Waals surface area contributed by atoms with Gasteiger partial charge in [-0.05, 0) is 12.1 Å². The molecule has 1 N–H and O–H groups in total. The summed E-state index contributed by atoms with van der Waals surface area (Å²) in [4.78, 5) is 15.7. The summed E-state index contributed by atoms with van der Waals surface area (Å²) in [5.41, 5.74) is 1.93. The fourth-order valence-corrected chi connectivity index (χ4v) is 2.53. The lowest BCUT2D eigenvalue weighted by Crippen LogP contribution is -2.34. The zero-order valence-corrected chi connectivity index (χ0v) is 11.5. The quantitative estimate of drug-likeness (QED) is 0.915. The number of methoxy groups -OCH3 is 1. The van der Waals surface area contributed by atoms with E-state index in [1.807, 2.05) is 18.2 Å². The molecule has 1 atom stereocenters. The monoisotopic (exact) mass is 275 g/mol. The van der Waals surface area contributed by atoms with E-state index in [1.54, 1.807) is 7.11 Å². The number of carbonyl (C=O) groups is 1. The molecule has 1 aromatic heterocycles. The van der Waals surface area contributed by atoms with E-state index in [0.29, 0.717) is 19.8 Å². The fourth-order valence-electron chi connectivity index (χ4n) is 2.53. The summed E-state index contributed by atoms with van der Waals surface area (Å²) in [5.74, 6) is 1.64. The molecular weight excluding hydrogens is 258 g/mol. The number of hydrogen-bond acceptors (Lipinski definition) is 4. The van der Waals surface area contributed by atoms with Crippen molar-refractivity contribution in [1.29, 1.82) is 0 Å². The second-order valence-electron chi connectivity index (χ2n) is 4.86. The summed E-state index contributed by atoms with van der Waals surface area (Å²) >= 11 is 0. The lowest BCUT2D eigenvalue weighted by atomic mass is 10.2. The average molecular weight is 275 g/mol. The standard InChI is InChI=1S/C14H17N3O3/c1-9(18)15-6-10-7-20-8-14-16-12-4-3-11(19-2)5-13(12)17(10)14/h3-5,10H,6-8H2,1-2H3,(H,15,18). The summed E-state index contributed by atoms with van der Waals surface area (Å²) in [7, 11) is 1.65. The Morgan fingerprint density at radius 2 is 2.45 bits per heavy atom. The van der Waals surface area contributed by atoms with E-state index in [-0.39, 0.29) is 11.9 Å². The molecule has 2 heterocycles.